The number of carbonyl (C=O) groups is 2. The molecular formula is C32H45N6O4+. The Kier molecular flexibility index (Phi) is 9.53. The minimum absolute atomic E-state index is 0.0375. The Labute approximate surface area is 248 Å². The number of nitrogens with two attached hydrogens (primary N) is 2. The van der Waals surface area contributed by atoms with Gasteiger partial charge < -0.3 is 20.9 Å². The fourth-order valence-electron chi connectivity index (χ4n) is 6.83. The zero-order valence-electron chi connectivity index (χ0n) is 24.8. The normalized spacial score (nSPS) is 29.7. The van der Waals surface area contributed by atoms with E-state index in [9.17, 15) is 9.59 Å². The van der Waals surface area contributed by atoms with Crippen LogP contribution in [0, 0.1) is 5.41 Å². The summed E-state index contributed by atoms with van der Waals surface area (Å²) in [4.78, 5) is 41.8. The largest absolute Gasteiger partial charge is 0.468 e. The summed E-state index contributed by atoms with van der Waals surface area (Å²) in [6.45, 7) is 6.45. The molecule has 4 aliphatic rings. The number of ether oxygens (including phenoxy) is 2. The summed E-state index contributed by atoms with van der Waals surface area (Å²) >= 11 is 0. The summed E-state index contributed by atoms with van der Waals surface area (Å²) in [6, 6.07) is 2.10. The monoisotopic (exact) mass is 577 g/mol. The molecule has 3 heterocycles. The predicted octanol–water partition coefficient (Wildman–Crippen LogP) is 1.69. The van der Waals surface area contributed by atoms with Crippen LogP contribution in [-0.2, 0) is 14.3 Å². The molecule has 0 unspecified atom stereocenters. The second kappa shape index (κ2) is 13.3. The molecule has 10 nitrogen and oxygen atoms in total. The Bertz CT molecular complexity index is 1280. The van der Waals surface area contributed by atoms with Gasteiger partial charge in [-0.1, -0.05) is 13.0 Å². The molecule has 2 aliphatic carbocycles. The van der Waals surface area contributed by atoms with Gasteiger partial charge in [-0.2, -0.15) is 4.98 Å². The lowest BCUT2D eigenvalue weighted by atomic mass is 9.62. The minimum Gasteiger partial charge on any atom is -0.468 e. The van der Waals surface area contributed by atoms with Crippen molar-refractivity contribution in [2.75, 3.05) is 26.8 Å². The van der Waals surface area contributed by atoms with E-state index in [0.717, 1.165) is 58.1 Å². The lowest BCUT2D eigenvalue weighted by Gasteiger charge is -2.38. The number of likely N-dealkylation sites (N-methyl/N-ethyl adjacent to an activating group) is 1. The first-order valence-electron chi connectivity index (χ1n) is 15.4. The molecule has 5 N–H and O–H groups in total. The van der Waals surface area contributed by atoms with E-state index in [0.29, 0.717) is 55.1 Å². The standard InChI is InChI=1S/C32H44N6O4/c1-3-26(25-11-7-17-38(25)2)42-28-19-24(23(33)13-16-35-21-9-8-18-41-20-21)36-31(37-28)29(34)22-10-6-15-32(30(22)40)14-5-4-12-27(32)39/h3,13,16,19,21,25-26H,1,4-12,14-15,17-18,20,33-34H2,2H3/p+1/b23-13-,29-22-,35-16?/t21-,25-,26-,32+/m0/s1. The van der Waals surface area contributed by atoms with Gasteiger partial charge in [0.25, 0.3) is 0 Å². The van der Waals surface area contributed by atoms with E-state index in [2.05, 4.69) is 28.5 Å². The zero-order chi connectivity index (χ0) is 29.7. The van der Waals surface area contributed by atoms with Gasteiger partial charge in [-0.25, -0.2) is 9.98 Å². The minimum atomic E-state index is -0.962. The van der Waals surface area contributed by atoms with Gasteiger partial charge >= 0.3 is 0 Å². The van der Waals surface area contributed by atoms with Gasteiger partial charge in [-0.3, -0.25) is 14.5 Å². The van der Waals surface area contributed by atoms with Crippen LogP contribution in [0.2, 0.25) is 0 Å². The average Bonchev–Trinajstić information content (AvgIpc) is 3.44. The molecule has 0 bridgehead atoms. The fraction of sp³-hybridized carbons (Fsp3) is 0.594. The van der Waals surface area contributed by atoms with Gasteiger partial charge in [-0.05, 0) is 71.0 Å². The number of hydrogen-bond donors (Lipinski definition) is 3. The van der Waals surface area contributed by atoms with Crippen LogP contribution in [-0.4, -0.2) is 77.6 Å². The van der Waals surface area contributed by atoms with E-state index in [1.54, 1.807) is 18.2 Å². The SMILES string of the molecule is C=C[C@H](Oc1cc(/C(N)=C/C=[NH+][C@H]2CCCOC2)nc(/C(N)=C2\CCC[C@@]3(CCCCC3=O)C2=O)n1)[C@@H]1CCCN1C. The Morgan fingerprint density at radius 1 is 1.17 bits per heavy atom. The van der Waals surface area contributed by atoms with E-state index in [1.165, 1.54) is 0 Å². The Morgan fingerprint density at radius 3 is 2.71 bits per heavy atom. The maximum absolute atomic E-state index is 13.8. The molecule has 1 aromatic rings. The molecule has 2 aliphatic heterocycles. The number of rotatable bonds is 8. The number of nitrogens with zero attached hydrogens (tertiary/aromatic N) is 3. The van der Waals surface area contributed by atoms with Crippen molar-refractivity contribution in [3.63, 3.8) is 0 Å². The number of allylic oxidation sites excluding steroid dienone is 2. The topological polar surface area (TPSA) is 148 Å². The molecule has 226 valence electrons. The van der Waals surface area contributed by atoms with Gasteiger partial charge in [0.15, 0.2) is 23.9 Å². The van der Waals surface area contributed by atoms with Crippen LogP contribution in [0.1, 0.15) is 82.1 Å². The molecular weight excluding hydrogens is 532 g/mol. The molecule has 4 fully saturated rings. The van der Waals surface area contributed by atoms with Crippen molar-refractivity contribution >= 4 is 29.2 Å². The lowest BCUT2D eigenvalue weighted by molar-refractivity contribution is -0.507. The molecule has 1 aromatic heterocycles. The Hall–Kier alpha value is -3.37. The first-order valence-corrected chi connectivity index (χ1v) is 15.4. The number of likely N-dealkylation sites (tertiary alicyclic amines) is 1. The first kappa shape index (κ1) is 30.1. The third-order valence-electron chi connectivity index (χ3n) is 9.29. The van der Waals surface area contributed by atoms with E-state index in [4.69, 9.17) is 25.9 Å². The van der Waals surface area contributed by atoms with E-state index < -0.39 is 5.41 Å². The average molecular weight is 578 g/mol. The molecule has 4 atom stereocenters. The van der Waals surface area contributed by atoms with Crippen molar-refractivity contribution in [3.05, 3.63) is 41.9 Å². The van der Waals surface area contributed by atoms with E-state index >= 15 is 0 Å². The van der Waals surface area contributed by atoms with Crippen molar-refractivity contribution in [2.24, 2.45) is 16.9 Å². The van der Waals surface area contributed by atoms with Crippen LogP contribution >= 0.6 is 0 Å². The Morgan fingerprint density at radius 2 is 2.00 bits per heavy atom. The van der Waals surface area contributed by atoms with E-state index in [-0.39, 0.29) is 41.3 Å². The molecule has 0 amide bonds. The molecule has 0 radical (unpaired) electrons. The molecule has 5 rings (SSSR count). The molecule has 2 saturated carbocycles. The second-order valence-electron chi connectivity index (χ2n) is 12.1. The molecule has 1 spiro atoms. The lowest BCUT2D eigenvalue weighted by Crippen LogP contribution is -2.78. The first-order chi connectivity index (χ1) is 20.3. The second-order valence-corrected chi connectivity index (χ2v) is 12.1. The van der Waals surface area contributed by atoms with Crippen molar-refractivity contribution in [3.8, 4) is 5.88 Å². The Balaban J connectivity index is 1.50. The number of carbonyl (C=O) groups excluding carboxylic acids is 2. The van der Waals surface area contributed by atoms with Crippen LogP contribution < -0.4 is 21.2 Å². The highest BCUT2D eigenvalue weighted by atomic mass is 16.5. The van der Waals surface area contributed by atoms with E-state index in [1.807, 2.05) is 6.21 Å². The van der Waals surface area contributed by atoms with Crippen LogP contribution in [0.25, 0.3) is 11.4 Å². The third kappa shape index (κ3) is 6.34. The number of hydrogen-bond acceptors (Lipinski definition) is 9. The fourth-order valence-corrected chi connectivity index (χ4v) is 6.83. The summed E-state index contributed by atoms with van der Waals surface area (Å²) in [5.74, 6) is 0.356. The summed E-state index contributed by atoms with van der Waals surface area (Å²) < 4.78 is 11.9. The number of nitrogens with one attached hydrogen (secondary N) is 1. The number of aromatic nitrogens is 2. The third-order valence-corrected chi connectivity index (χ3v) is 9.29. The molecule has 2 saturated heterocycles. The van der Waals surface area contributed by atoms with Gasteiger partial charge in [0, 0.05) is 37.2 Å². The zero-order valence-corrected chi connectivity index (χ0v) is 24.8. The maximum Gasteiger partial charge on any atom is 0.218 e. The van der Waals surface area contributed by atoms with Crippen molar-refractivity contribution in [1.82, 2.24) is 14.9 Å². The molecule has 0 aromatic carbocycles. The quantitative estimate of drug-likeness (QED) is 0.182. The summed E-state index contributed by atoms with van der Waals surface area (Å²) in [7, 11) is 2.08. The number of Topliss-reactive ketones (excluding diaryl/α,β-unsaturated/α-hetero) is 2. The molecule has 10 heteroatoms. The molecule has 42 heavy (non-hydrogen) atoms. The smallest absolute Gasteiger partial charge is 0.218 e. The van der Waals surface area contributed by atoms with Crippen molar-refractivity contribution < 1.29 is 24.1 Å². The van der Waals surface area contributed by atoms with Gasteiger partial charge in [0.2, 0.25) is 5.88 Å². The van der Waals surface area contributed by atoms with Crippen LogP contribution in [0.15, 0.2) is 30.4 Å². The van der Waals surface area contributed by atoms with Crippen molar-refractivity contribution in [1.29, 1.82) is 0 Å². The number of ketones is 2. The van der Waals surface area contributed by atoms with Gasteiger partial charge in [0.05, 0.1) is 28.5 Å². The van der Waals surface area contributed by atoms with Crippen LogP contribution in [0.3, 0.4) is 0 Å². The highest BCUT2D eigenvalue weighted by Gasteiger charge is 2.49. The highest BCUT2D eigenvalue weighted by Crippen LogP contribution is 2.45. The summed E-state index contributed by atoms with van der Waals surface area (Å²) in [5, 5.41) is 0. The summed E-state index contributed by atoms with van der Waals surface area (Å²) in [5.41, 5.74) is 13.7. The van der Waals surface area contributed by atoms with Crippen molar-refractivity contribution in [2.45, 2.75) is 88.8 Å². The summed E-state index contributed by atoms with van der Waals surface area (Å²) in [6.07, 6.45) is 13.7. The predicted molar refractivity (Wildman–Crippen MR) is 161 cm³/mol. The maximum atomic E-state index is 13.8. The highest BCUT2D eigenvalue weighted by molar-refractivity contribution is 6.17. The van der Waals surface area contributed by atoms with Gasteiger partial charge in [-0.15, -0.1) is 0 Å². The van der Waals surface area contributed by atoms with Gasteiger partial charge in [0.1, 0.15) is 18.5 Å². The van der Waals surface area contributed by atoms with Crippen LogP contribution in [0.5, 0.6) is 5.88 Å². The van der Waals surface area contributed by atoms with Crippen LogP contribution in [0.4, 0.5) is 0 Å².